The van der Waals surface area contributed by atoms with Crippen LogP contribution >= 0.6 is 0 Å². The third kappa shape index (κ3) is 4.21. The van der Waals surface area contributed by atoms with Crippen LogP contribution in [0, 0.1) is 0 Å². The molecule has 0 aromatic heterocycles. The summed E-state index contributed by atoms with van der Waals surface area (Å²) in [5.74, 6) is 0. The molecule has 0 heterocycles. The van der Waals surface area contributed by atoms with Crippen molar-refractivity contribution in [2.45, 2.75) is 19.3 Å². The summed E-state index contributed by atoms with van der Waals surface area (Å²) in [6.07, 6.45) is 0. The second kappa shape index (κ2) is 9.99. The first kappa shape index (κ1) is 26.0. The van der Waals surface area contributed by atoms with Crippen molar-refractivity contribution >= 4 is 59.1 Å². The Morgan fingerprint density at radius 2 is 1.12 bits per heavy atom. The van der Waals surface area contributed by atoms with E-state index in [1.807, 2.05) is 0 Å². The van der Waals surface area contributed by atoms with Crippen LogP contribution in [-0.4, -0.2) is 16.0 Å². The van der Waals surface area contributed by atoms with Gasteiger partial charge < -0.3 is 0 Å². The Kier molecular flexibility index (Phi) is 6.05. The molecule has 1 nitrogen and oxygen atoms in total. The number of rotatable bonds is 4. The quantitative estimate of drug-likeness (QED) is 0.141. The zero-order valence-electron chi connectivity index (χ0n) is 24.2. The number of benzene rings is 7. The average Bonchev–Trinajstić information content (AvgIpc) is 3.27. The summed E-state index contributed by atoms with van der Waals surface area (Å²) in [7, 11) is 0. The summed E-state index contributed by atoms with van der Waals surface area (Å²) < 4.78 is 1.15. The van der Waals surface area contributed by atoms with E-state index < -0.39 is 0 Å². The fourth-order valence-corrected chi connectivity index (χ4v) is 7.47. The van der Waals surface area contributed by atoms with Gasteiger partial charge in [0.05, 0.1) is 0 Å². The molecule has 1 aliphatic rings. The first-order chi connectivity index (χ1) is 21.0. The normalized spacial score (nSPS) is 13.2. The summed E-state index contributed by atoms with van der Waals surface area (Å²) in [5, 5.41) is 5.10. The van der Waals surface area contributed by atoms with Gasteiger partial charge in [0.1, 0.15) is 0 Å². The zero-order chi connectivity index (χ0) is 29.1. The van der Waals surface area contributed by atoms with Crippen LogP contribution in [0.5, 0.6) is 0 Å². The Hall–Kier alpha value is -4.62. The second-order valence-corrected chi connectivity index (χ2v) is 12.9. The molecule has 0 N–H and O–H groups in total. The van der Waals surface area contributed by atoms with E-state index in [1.54, 1.807) is 0 Å². The van der Waals surface area contributed by atoms with Gasteiger partial charge in [-0.25, -0.2) is 0 Å². The predicted molar refractivity (Wildman–Crippen MR) is 185 cm³/mol. The molecule has 0 saturated carbocycles. The van der Waals surface area contributed by atoms with Crippen LogP contribution in [0.25, 0.3) is 43.8 Å². The van der Waals surface area contributed by atoms with Gasteiger partial charge in [-0.15, -0.1) is 0 Å². The molecule has 0 spiro atoms. The molecule has 0 amide bonds. The molecule has 0 aliphatic heterocycles. The van der Waals surface area contributed by atoms with Gasteiger partial charge in [0.25, 0.3) is 0 Å². The minimum atomic E-state index is -0.0383. The summed E-state index contributed by atoms with van der Waals surface area (Å²) in [4.78, 5) is 2.37. The van der Waals surface area contributed by atoms with Crippen LogP contribution in [-0.2, 0) is 5.41 Å². The minimum absolute atomic E-state index is 0.0383. The number of nitrogens with zero attached hydrogens (tertiary/aromatic N) is 1. The summed E-state index contributed by atoms with van der Waals surface area (Å²) in [6.45, 7) is 4.72. The van der Waals surface area contributed by atoms with Crippen molar-refractivity contribution in [2.24, 2.45) is 0 Å². The van der Waals surface area contributed by atoms with E-state index in [-0.39, 0.29) is 5.41 Å². The van der Waals surface area contributed by atoms with Crippen molar-refractivity contribution in [1.82, 2.24) is 0 Å². The standard InChI is InChI=1S/C41H30NSe/c1-41(2)38-17-8-6-16-34(38)37-24-29-20-19-27-21-22-32(25-35(27)36(29)26-39(37)41)42(30-12-4-3-5-13-30)31-14-10-11-28(23-31)33-15-7-9-18-40(33)43/h3-26H,1-2H3. The molecule has 7 aromatic carbocycles. The van der Waals surface area contributed by atoms with Crippen LogP contribution in [0.3, 0.4) is 0 Å². The van der Waals surface area contributed by atoms with Crippen molar-refractivity contribution < 1.29 is 0 Å². The molecular formula is C41H30NSe. The van der Waals surface area contributed by atoms with Crippen LogP contribution in [0.4, 0.5) is 17.1 Å². The molecular weight excluding hydrogens is 585 g/mol. The van der Waals surface area contributed by atoms with E-state index in [1.165, 1.54) is 54.9 Å². The first-order valence-corrected chi connectivity index (χ1v) is 15.7. The van der Waals surface area contributed by atoms with Crippen molar-refractivity contribution in [3.8, 4) is 22.3 Å². The van der Waals surface area contributed by atoms with Gasteiger partial charge in [-0.1, -0.05) is 38.1 Å². The molecule has 1 radical (unpaired) electrons. The maximum absolute atomic E-state index is 3.23. The zero-order valence-corrected chi connectivity index (χ0v) is 25.9. The van der Waals surface area contributed by atoms with Gasteiger partial charge in [-0.2, -0.15) is 0 Å². The van der Waals surface area contributed by atoms with Gasteiger partial charge in [0.2, 0.25) is 0 Å². The van der Waals surface area contributed by atoms with E-state index >= 15 is 0 Å². The number of para-hydroxylation sites is 1. The third-order valence-corrected chi connectivity index (χ3v) is 9.85. The Labute approximate surface area is 261 Å². The van der Waals surface area contributed by atoms with Crippen LogP contribution < -0.4 is 9.36 Å². The van der Waals surface area contributed by atoms with Crippen LogP contribution in [0.2, 0.25) is 0 Å². The fraction of sp³-hybridized carbons (Fsp3) is 0.0732. The van der Waals surface area contributed by atoms with Gasteiger partial charge in [0.15, 0.2) is 0 Å². The van der Waals surface area contributed by atoms with Gasteiger partial charge in [-0.05, 0) is 16.7 Å². The molecule has 205 valence electrons. The molecule has 0 fully saturated rings. The molecule has 7 aromatic rings. The Morgan fingerprint density at radius 1 is 0.465 bits per heavy atom. The van der Waals surface area contributed by atoms with E-state index in [2.05, 4.69) is 180 Å². The molecule has 2 heteroatoms. The van der Waals surface area contributed by atoms with Crippen molar-refractivity contribution in [3.05, 3.63) is 157 Å². The topological polar surface area (TPSA) is 3.24 Å². The summed E-state index contributed by atoms with van der Waals surface area (Å²) >= 11 is 3.23. The van der Waals surface area contributed by atoms with E-state index in [9.17, 15) is 0 Å². The molecule has 0 bridgehead atoms. The van der Waals surface area contributed by atoms with E-state index in [0.717, 1.165) is 21.5 Å². The maximum atomic E-state index is 3.23. The third-order valence-electron chi connectivity index (χ3n) is 9.10. The summed E-state index contributed by atoms with van der Waals surface area (Å²) in [6, 6.07) is 53.2. The number of fused-ring (bicyclic) bond motifs is 6. The van der Waals surface area contributed by atoms with E-state index in [0.29, 0.717) is 0 Å². The fourth-order valence-electron chi connectivity index (χ4n) is 6.92. The molecule has 43 heavy (non-hydrogen) atoms. The van der Waals surface area contributed by atoms with E-state index in [4.69, 9.17) is 0 Å². The molecule has 0 saturated heterocycles. The Bertz CT molecular complexity index is 2180. The number of hydrogen-bond acceptors (Lipinski definition) is 1. The molecule has 0 atom stereocenters. The van der Waals surface area contributed by atoms with Gasteiger partial charge >= 0.3 is 202 Å². The van der Waals surface area contributed by atoms with Gasteiger partial charge in [0, 0.05) is 5.41 Å². The Balaban J connectivity index is 1.33. The van der Waals surface area contributed by atoms with Crippen LogP contribution in [0.1, 0.15) is 25.0 Å². The number of hydrogen-bond donors (Lipinski definition) is 0. The predicted octanol–water partition coefficient (Wildman–Crippen LogP) is 10.2. The van der Waals surface area contributed by atoms with Crippen molar-refractivity contribution in [3.63, 3.8) is 0 Å². The van der Waals surface area contributed by atoms with Crippen LogP contribution in [0.15, 0.2) is 146 Å². The first-order valence-electron chi connectivity index (χ1n) is 14.8. The monoisotopic (exact) mass is 616 g/mol. The molecule has 1 aliphatic carbocycles. The van der Waals surface area contributed by atoms with Crippen molar-refractivity contribution in [2.75, 3.05) is 4.90 Å². The summed E-state index contributed by atoms with van der Waals surface area (Å²) in [5.41, 5.74) is 11.3. The SMILES string of the molecule is CC1(C)c2ccccc2-c2cc3ccc4ccc(N(c5ccccc5)c5cccc(-c6ccccc6[Se])c5)cc4c3cc21. The second-order valence-electron chi connectivity index (χ2n) is 12.0. The molecule has 8 rings (SSSR count). The van der Waals surface area contributed by atoms with Gasteiger partial charge in [-0.3, -0.25) is 0 Å². The Morgan fingerprint density at radius 3 is 1.95 bits per heavy atom. The van der Waals surface area contributed by atoms with Crippen molar-refractivity contribution in [1.29, 1.82) is 0 Å². The molecule has 0 unspecified atom stereocenters. The average molecular weight is 616 g/mol. The number of anilines is 3.